The third-order valence-corrected chi connectivity index (χ3v) is 7.47. The number of benzene rings is 2. The van der Waals surface area contributed by atoms with Gasteiger partial charge >= 0.3 is 0 Å². The van der Waals surface area contributed by atoms with E-state index in [1.807, 2.05) is 6.07 Å². The van der Waals surface area contributed by atoms with E-state index in [0.717, 1.165) is 41.4 Å². The van der Waals surface area contributed by atoms with Crippen LogP contribution >= 0.6 is 11.8 Å². The molecule has 1 spiro atoms. The molecule has 1 fully saturated rings. The Morgan fingerprint density at radius 2 is 1.75 bits per heavy atom. The van der Waals surface area contributed by atoms with Crippen LogP contribution in [-0.4, -0.2) is 9.55 Å². The third-order valence-electron chi connectivity index (χ3n) is 6.37. The van der Waals surface area contributed by atoms with Crippen LogP contribution in [0.4, 0.5) is 0 Å². The maximum absolute atomic E-state index is 13.3. The molecule has 3 nitrogen and oxygen atoms in total. The Morgan fingerprint density at radius 1 is 1.04 bits per heavy atom. The fourth-order valence-corrected chi connectivity index (χ4v) is 5.98. The molecule has 142 valence electrons. The van der Waals surface area contributed by atoms with Gasteiger partial charge in [0.25, 0.3) is 5.56 Å². The second-order valence-corrected chi connectivity index (χ2v) is 9.02. The van der Waals surface area contributed by atoms with Gasteiger partial charge in [-0.1, -0.05) is 79.2 Å². The largest absolute Gasteiger partial charge is 0.323 e. The zero-order valence-electron chi connectivity index (χ0n) is 16.1. The molecule has 0 aliphatic heterocycles. The quantitative estimate of drug-likeness (QED) is 0.462. The summed E-state index contributed by atoms with van der Waals surface area (Å²) >= 11 is 1.64. The van der Waals surface area contributed by atoms with Gasteiger partial charge in [-0.25, -0.2) is 0 Å². The van der Waals surface area contributed by atoms with Crippen LogP contribution in [0.2, 0.25) is 0 Å². The zero-order valence-corrected chi connectivity index (χ0v) is 17.0. The smallest absolute Gasteiger partial charge is 0.278 e. The van der Waals surface area contributed by atoms with Crippen molar-refractivity contribution >= 4 is 11.8 Å². The molecule has 2 aliphatic carbocycles. The number of aromatic nitrogens is 2. The Bertz CT molecular complexity index is 1080. The van der Waals surface area contributed by atoms with Crippen LogP contribution in [0.15, 0.2) is 64.5 Å². The van der Waals surface area contributed by atoms with Gasteiger partial charge < -0.3 is 4.57 Å². The predicted octanol–water partition coefficient (Wildman–Crippen LogP) is 5.11. The number of hydrogen-bond donors (Lipinski definition) is 0. The molecule has 1 heterocycles. The van der Waals surface area contributed by atoms with Gasteiger partial charge in [0.15, 0.2) is 5.16 Å². The van der Waals surface area contributed by atoms with Crippen molar-refractivity contribution in [3.8, 4) is 11.3 Å². The minimum atomic E-state index is -0.0197. The summed E-state index contributed by atoms with van der Waals surface area (Å²) in [5.74, 6) is 0.812. The van der Waals surface area contributed by atoms with Crippen molar-refractivity contribution in [3.05, 3.63) is 81.6 Å². The van der Waals surface area contributed by atoms with E-state index in [2.05, 4.69) is 65.1 Å². The van der Waals surface area contributed by atoms with Gasteiger partial charge in [0, 0.05) is 23.8 Å². The molecule has 2 aromatic carbocycles. The Hall–Kier alpha value is -2.33. The summed E-state index contributed by atoms with van der Waals surface area (Å²) in [5, 5.41) is 0.803. The lowest BCUT2D eigenvalue weighted by atomic mass is 9.68. The second kappa shape index (κ2) is 6.93. The Morgan fingerprint density at radius 3 is 2.54 bits per heavy atom. The lowest BCUT2D eigenvalue weighted by molar-refractivity contribution is 0.420. The Labute approximate surface area is 169 Å². The molecular weight excluding hydrogens is 364 g/mol. The molecule has 1 saturated carbocycles. The third kappa shape index (κ3) is 2.82. The minimum absolute atomic E-state index is 0.0138. The SMILES string of the molecule is Cn1c(SCc2ccccc2)nc(=O)c2c1-c1ccccc1CC21CCCC1. The van der Waals surface area contributed by atoms with Crippen LogP contribution in [-0.2, 0) is 24.6 Å². The number of thioether (sulfide) groups is 1. The summed E-state index contributed by atoms with van der Waals surface area (Å²) in [6.07, 6.45) is 5.58. The van der Waals surface area contributed by atoms with Gasteiger partial charge in [0.05, 0.1) is 11.3 Å². The van der Waals surface area contributed by atoms with Crippen LogP contribution < -0.4 is 5.56 Å². The van der Waals surface area contributed by atoms with Crippen LogP contribution in [0.1, 0.15) is 42.4 Å². The first-order valence-corrected chi connectivity index (χ1v) is 11.0. The van der Waals surface area contributed by atoms with Gasteiger partial charge in [0.1, 0.15) is 0 Å². The lowest BCUT2D eigenvalue weighted by Gasteiger charge is -2.37. The maximum Gasteiger partial charge on any atom is 0.278 e. The molecule has 0 radical (unpaired) electrons. The van der Waals surface area contributed by atoms with Crippen LogP contribution in [0.25, 0.3) is 11.3 Å². The summed E-state index contributed by atoms with van der Waals surface area (Å²) in [6, 6.07) is 19.0. The normalized spacial score (nSPS) is 16.8. The molecule has 0 saturated heterocycles. The fraction of sp³-hybridized carbons (Fsp3) is 0.333. The molecule has 3 aromatic rings. The average molecular weight is 389 g/mol. The van der Waals surface area contributed by atoms with E-state index in [1.54, 1.807) is 11.8 Å². The van der Waals surface area contributed by atoms with Gasteiger partial charge in [-0.3, -0.25) is 4.79 Å². The molecule has 28 heavy (non-hydrogen) atoms. The average Bonchev–Trinajstić information content (AvgIpc) is 3.18. The molecule has 0 unspecified atom stereocenters. The standard InChI is InChI=1S/C24H24N2OS/c1-26-21-19-12-6-5-11-18(19)15-24(13-7-8-14-24)20(21)22(27)25-23(26)28-16-17-9-3-2-4-10-17/h2-6,9-12H,7-8,13-16H2,1H3. The van der Waals surface area contributed by atoms with Crippen LogP contribution in [0.5, 0.6) is 0 Å². The first-order valence-electron chi connectivity index (χ1n) is 10.0. The van der Waals surface area contributed by atoms with Gasteiger partial charge in [-0.15, -0.1) is 0 Å². The van der Waals surface area contributed by atoms with E-state index >= 15 is 0 Å². The maximum atomic E-state index is 13.3. The molecule has 5 rings (SSSR count). The molecule has 1 aromatic heterocycles. The first-order chi connectivity index (χ1) is 13.7. The second-order valence-electron chi connectivity index (χ2n) is 8.08. The van der Waals surface area contributed by atoms with Crippen molar-refractivity contribution in [2.24, 2.45) is 7.05 Å². The van der Waals surface area contributed by atoms with Crippen molar-refractivity contribution in [1.82, 2.24) is 9.55 Å². The summed E-state index contributed by atoms with van der Waals surface area (Å²) in [4.78, 5) is 17.8. The predicted molar refractivity (Wildman–Crippen MR) is 115 cm³/mol. The van der Waals surface area contributed by atoms with Gasteiger partial charge in [-0.2, -0.15) is 4.98 Å². The highest BCUT2D eigenvalue weighted by molar-refractivity contribution is 7.98. The summed E-state index contributed by atoms with van der Waals surface area (Å²) in [6.45, 7) is 0. The van der Waals surface area contributed by atoms with E-state index in [9.17, 15) is 4.79 Å². The first kappa shape index (κ1) is 17.7. The summed E-state index contributed by atoms with van der Waals surface area (Å²) < 4.78 is 2.17. The highest BCUT2D eigenvalue weighted by Gasteiger charge is 2.44. The van der Waals surface area contributed by atoms with Gasteiger partial charge in [0.2, 0.25) is 0 Å². The summed E-state index contributed by atoms with van der Waals surface area (Å²) in [5.41, 5.74) is 5.85. The van der Waals surface area contributed by atoms with E-state index in [4.69, 9.17) is 0 Å². The van der Waals surface area contributed by atoms with Crippen molar-refractivity contribution in [2.75, 3.05) is 0 Å². The van der Waals surface area contributed by atoms with E-state index in [1.165, 1.54) is 29.5 Å². The Kier molecular flexibility index (Phi) is 4.39. The molecule has 0 N–H and O–H groups in total. The van der Waals surface area contributed by atoms with E-state index < -0.39 is 0 Å². The number of hydrogen-bond acceptors (Lipinski definition) is 3. The molecule has 0 atom stereocenters. The monoisotopic (exact) mass is 388 g/mol. The highest BCUT2D eigenvalue weighted by atomic mass is 32.2. The number of nitrogens with zero attached hydrogens (tertiary/aromatic N) is 2. The number of fused-ring (bicyclic) bond motifs is 4. The van der Waals surface area contributed by atoms with Crippen LogP contribution in [0.3, 0.4) is 0 Å². The fourth-order valence-electron chi connectivity index (χ4n) is 5.06. The van der Waals surface area contributed by atoms with E-state index in [0.29, 0.717) is 0 Å². The molecule has 4 heteroatoms. The van der Waals surface area contributed by atoms with Crippen LogP contribution in [0, 0.1) is 0 Å². The highest BCUT2D eigenvalue weighted by Crippen LogP contribution is 2.50. The molecule has 0 bridgehead atoms. The summed E-state index contributed by atoms with van der Waals surface area (Å²) in [7, 11) is 2.07. The van der Waals surface area contributed by atoms with Crippen molar-refractivity contribution in [1.29, 1.82) is 0 Å². The van der Waals surface area contributed by atoms with E-state index in [-0.39, 0.29) is 11.0 Å². The zero-order chi connectivity index (χ0) is 19.1. The topological polar surface area (TPSA) is 34.9 Å². The van der Waals surface area contributed by atoms with Crippen molar-refractivity contribution in [2.45, 2.75) is 48.4 Å². The molecule has 0 amide bonds. The number of rotatable bonds is 3. The molecule has 2 aliphatic rings. The van der Waals surface area contributed by atoms with Gasteiger partial charge in [-0.05, 0) is 30.4 Å². The Balaban J connectivity index is 1.65. The minimum Gasteiger partial charge on any atom is -0.323 e. The van der Waals surface area contributed by atoms with Crippen molar-refractivity contribution in [3.63, 3.8) is 0 Å². The van der Waals surface area contributed by atoms with Crippen molar-refractivity contribution < 1.29 is 0 Å². The molecular formula is C24H24N2OS. The lowest BCUT2D eigenvalue weighted by Crippen LogP contribution is -2.38.